The van der Waals surface area contributed by atoms with Gasteiger partial charge in [-0.1, -0.05) is 13.3 Å². The lowest BCUT2D eigenvalue weighted by Crippen LogP contribution is -2.40. The molecule has 0 saturated carbocycles. The molecule has 2 aromatic rings. The molecule has 2 aromatic heterocycles. The molecule has 1 N–H and O–H groups in total. The van der Waals surface area contributed by atoms with Gasteiger partial charge in [-0.3, -0.25) is 9.59 Å². The van der Waals surface area contributed by atoms with Crippen molar-refractivity contribution in [1.29, 1.82) is 0 Å². The first kappa shape index (κ1) is 18.4. The van der Waals surface area contributed by atoms with Crippen LogP contribution in [-0.4, -0.2) is 43.4 Å². The van der Waals surface area contributed by atoms with E-state index in [-0.39, 0.29) is 17.9 Å². The second kappa shape index (κ2) is 8.29. The van der Waals surface area contributed by atoms with E-state index in [4.69, 9.17) is 0 Å². The molecule has 1 amide bonds. The molecule has 7 heteroatoms. The number of likely N-dealkylation sites (tertiary alicyclic amines) is 1. The lowest BCUT2D eigenvalue weighted by molar-refractivity contribution is -0.131. The topological polar surface area (TPSA) is 83.9 Å². The Labute approximate surface area is 153 Å². The summed E-state index contributed by atoms with van der Waals surface area (Å²) in [5, 5.41) is 0. The highest BCUT2D eigenvalue weighted by Crippen LogP contribution is 2.27. The van der Waals surface area contributed by atoms with Gasteiger partial charge >= 0.3 is 0 Å². The van der Waals surface area contributed by atoms with Crippen LogP contribution < -0.4 is 5.56 Å². The summed E-state index contributed by atoms with van der Waals surface area (Å²) in [4.78, 5) is 37.6. The molecule has 1 saturated heterocycles. The summed E-state index contributed by atoms with van der Waals surface area (Å²) in [5.41, 5.74) is 0.205. The second-order valence-corrected chi connectivity index (χ2v) is 6.99. The molecule has 140 valence electrons. The summed E-state index contributed by atoms with van der Waals surface area (Å²) in [6.45, 7) is 6.34. The lowest BCUT2D eigenvalue weighted by Gasteiger charge is -2.32. The third kappa shape index (κ3) is 4.20. The fourth-order valence-electron chi connectivity index (χ4n) is 3.50. The van der Waals surface area contributed by atoms with E-state index < -0.39 is 0 Å². The molecule has 0 atom stereocenters. The molecule has 0 bridgehead atoms. The minimum absolute atomic E-state index is 0.00562. The lowest BCUT2D eigenvalue weighted by atomic mass is 9.95. The van der Waals surface area contributed by atoms with Crippen molar-refractivity contribution in [3.05, 3.63) is 46.2 Å². The van der Waals surface area contributed by atoms with Crippen molar-refractivity contribution >= 4 is 5.91 Å². The maximum absolute atomic E-state index is 12.5. The summed E-state index contributed by atoms with van der Waals surface area (Å²) < 4.78 is 2.25. The molecule has 0 radical (unpaired) electrons. The number of hydrogen-bond donors (Lipinski definition) is 1. The molecule has 0 aliphatic carbocycles. The average Bonchev–Trinajstić information content (AvgIpc) is 3.11. The summed E-state index contributed by atoms with van der Waals surface area (Å²) in [6.07, 6.45) is 9.69. The SMILES string of the molecule is CCCCn1ccnc1C1CCN(C(=O)Cc2cnc(C)[nH]c2=O)CC1. The van der Waals surface area contributed by atoms with Crippen LogP contribution in [0.2, 0.25) is 0 Å². The highest BCUT2D eigenvalue weighted by atomic mass is 16.2. The number of carbonyl (C=O) groups excluding carboxylic acids is 1. The average molecular weight is 357 g/mol. The third-order valence-electron chi connectivity index (χ3n) is 5.05. The predicted molar refractivity (Wildman–Crippen MR) is 99.0 cm³/mol. The van der Waals surface area contributed by atoms with Crippen molar-refractivity contribution in [1.82, 2.24) is 24.4 Å². The number of aryl methyl sites for hydroxylation is 2. The van der Waals surface area contributed by atoms with Crippen molar-refractivity contribution in [2.24, 2.45) is 0 Å². The molecule has 0 unspecified atom stereocenters. The van der Waals surface area contributed by atoms with Crippen LogP contribution in [-0.2, 0) is 17.8 Å². The van der Waals surface area contributed by atoms with E-state index >= 15 is 0 Å². The number of rotatable bonds is 6. The van der Waals surface area contributed by atoms with Crippen molar-refractivity contribution in [2.45, 2.75) is 58.4 Å². The number of piperidine rings is 1. The zero-order valence-electron chi connectivity index (χ0n) is 15.6. The maximum atomic E-state index is 12.5. The first-order valence-electron chi connectivity index (χ1n) is 9.42. The number of nitrogens with zero attached hydrogens (tertiary/aromatic N) is 4. The molecule has 1 aliphatic heterocycles. The summed E-state index contributed by atoms with van der Waals surface area (Å²) in [7, 11) is 0. The standard InChI is InChI=1S/C19H27N5O2/c1-3-4-8-24-11-7-20-18(24)15-5-9-23(10-6-15)17(25)12-16-13-21-14(2)22-19(16)26/h7,11,13,15H,3-6,8-10,12H2,1-2H3,(H,21,22,26). The van der Waals surface area contributed by atoms with E-state index in [9.17, 15) is 9.59 Å². The van der Waals surface area contributed by atoms with Gasteiger partial charge in [-0.15, -0.1) is 0 Å². The molecule has 1 aliphatic rings. The van der Waals surface area contributed by atoms with Gasteiger partial charge in [0.05, 0.1) is 6.42 Å². The number of aromatic amines is 1. The molecular formula is C19H27N5O2. The molecule has 7 nitrogen and oxygen atoms in total. The van der Waals surface area contributed by atoms with Crippen LogP contribution in [0.25, 0.3) is 0 Å². The van der Waals surface area contributed by atoms with E-state index in [2.05, 4.69) is 32.6 Å². The number of unbranched alkanes of at least 4 members (excludes halogenated alkanes) is 1. The molecule has 26 heavy (non-hydrogen) atoms. The third-order valence-corrected chi connectivity index (χ3v) is 5.05. The monoisotopic (exact) mass is 357 g/mol. The zero-order valence-corrected chi connectivity index (χ0v) is 15.6. The first-order valence-corrected chi connectivity index (χ1v) is 9.42. The Morgan fingerprint density at radius 2 is 2.08 bits per heavy atom. The number of imidazole rings is 1. The molecule has 3 rings (SSSR count). The minimum atomic E-state index is -0.223. The summed E-state index contributed by atoms with van der Waals surface area (Å²) >= 11 is 0. The fourth-order valence-corrected chi connectivity index (χ4v) is 3.50. The van der Waals surface area contributed by atoms with Crippen LogP contribution >= 0.6 is 0 Å². The van der Waals surface area contributed by atoms with Crippen LogP contribution in [0.1, 0.15) is 55.7 Å². The molecule has 0 spiro atoms. The maximum Gasteiger partial charge on any atom is 0.254 e. The Kier molecular flexibility index (Phi) is 5.85. The Morgan fingerprint density at radius 1 is 1.31 bits per heavy atom. The van der Waals surface area contributed by atoms with Crippen LogP contribution in [0.5, 0.6) is 0 Å². The number of nitrogens with one attached hydrogen (secondary N) is 1. The molecule has 1 fully saturated rings. The van der Waals surface area contributed by atoms with Crippen LogP contribution in [0.4, 0.5) is 0 Å². The number of H-pyrrole nitrogens is 1. The highest BCUT2D eigenvalue weighted by Gasteiger charge is 2.26. The smallest absolute Gasteiger partial charge is 0.254 e. The number of carbonyl (C=O) groups is 1. The van der Waals surface area contributed by atoms with Crippen LogP contribution in [0.3, 0.4) is 0 Å². The number of hydrogen-bond acceptors (Lipinski definition) is 4. The van der Waals surface area contributed by atoms with Crippen molar-refractivity contribution < 1.29 is 4.79 Å². The summed E-state index contributed by atoms with van der Waals surface area (Å²) in [5.74, 6) is 2.10. The predicted octanol–water partition coefficient (Wildman–Crippen LogP) is 2.02. The summed E-state index contributed by atoms with van der Waals surface area (Å²) in [6, 6.07) is 0. The Bertz CT molecular complexity index is 802. The first-order chi connectivity index (χ1) is 12.6. The largest absolute Gasteiger partial charge is 0.342 e. The molecule has 3 heterocycles. The highest BCUT2D eigenvalue weighted by molar-refractivity contribution is 5.78. The van der Waals surface area contributed by atoms with Gasteiger partial charge in [0.25, 0.3) is 5.56 Å². The van der Waals surface area contributed by atoms with Crippen molar-refractivity contribution in [2.75, 3.05) is 13.1 Å². The van der Waals surface area contributed by atoms with Gasteiger partial charge in [-0.25, -0.2) is 9.97 Å². The van der Waals surface area contributed by atoms with Gasteiger partial charge in [0.2, 0.25) is 5.91 Å². The molecular weight excluding hydrogens is 330 g/mol. The second-order valence-electron chi connectivity index (χ2n) is 6.99. The van der Waals surface area contributed by atoms with E-state index in [0.29, 0.717) is 30.4 Å². The van der Waals surface area contributed by atoms with E-state index in [1.165, 1.54) is 6.20 Å². The van der Waals surface area contributed by atoms with Crippen molar-refractivity contribution in [3.8, 4) is 0 Å². The van der Waals surface area contributed by atoms with Gasteiger partial charge in [0.1, 0.15) is 11.6 Å². The van der Waals surface area contributed by atoms with Gasteiger partial charge in [0, 0.05) is 49.7 Å². The van der Waals surface area contributed by atoms with Crippen molar-refractivity contribution in [3.63, 3.8) is 0 Å². The van der Waals surface area contributed by atoms with E-state index in [1.54, 1.807) is 6.92 Å². The normalized spacial score (nSPS) is 15.4. The van der Waals surface area contributed by atoms with E-state index in [1.807, 2.05) is 11.1 Å². The minimum Gasteiger partial charge on any atom is -0.342 e. The number of amides is 1. The van der Waals surface area contributed by atoms with Gasteiger partial charge in [-0.05, 0) is 26.2 Å². The van der Waals surface area contributed by atoms with Crippen LogP contribution in [0.15, 0.2) is 23.4 Å². The van der Waals surface area contributed by atoms with Gasteiger partial charge in [0.15, 0.2) is 0 Å². The Morgan fingerprint density at radius 3 is 2.77 bits per heavy atom. The Hall–Kier alpha value is -2.44. The number of aromatic nitrogens is 4. The zero-order chi connectivity index (χ0) is 18.5. The fraction of sp³-hybridized carbons (Fsp3) is 0.579. The quantitative estimate of drug-likeness (QED) is 0.857. The van der Waals surface area contributed by atoms with Gasteiger partial charge in [-0.2, -0.15) is 0 Å². The van der Waals surface area contributed by atoms with Crippen LogP contribution in [0, 0.1) is 6.92 Å². The molecule has 0 aromatic carbocycles. The van der Waals surface area contributed by atoms with E-state index in [0.717, 1.165) is 38.1 Å². The van der Waals surface area contributed by atoms with Gasteiger partial charge < -0.3 is 14.5 Å². The Balaban J connectivity index is 1.57.